The number of hydrogen-bond acceptors (Lipinski definition) is 2. The number of rotatable bonds is 5. The molecule has 0 amide bonds. The van der Waals surface area contributed by atoms with Crippen molar-refractivity contribution in [2.75, 3.05) is 6.61 Å². The molecule has 0 aromatic carbocycles. The first-order chi connectivity index (χ1) is 8.40. The fourth-order valence-corrected chi connectivity index (χ4v) is 3.23. The third-order valence-corrected chi connectivity index (χ3v) is 4.46. The molecule has 1 rings (SSSR count). The lowest BCUT2D eigenvalue weighted by atomic mass is 9.73. The van der Waals surface area contributed by atoms with Gasteiger partial charge in [-0.2, -0.15) is 0 Å². The van der Waals surface area contributed by atoms with E-state index in [4.69, 9.17) is 4.74 Å². The summed E-state index contributed by atoms with van der Waals surface area (Å²) in [5, 5.41) is 10.6. The first-order valence-corrected chi connectivity index (χ1v) is 7.69. The summed E-state index contributed by atoms with van der Waals surface area (Å²) in [6.07, 6.45) is 5.84. The molecule has 18 heavy (non-hydrogen) atoms. The van der Waals surface area contributed by atoms with Crippen molar-refractivity contribution in [1.29, 1.82) is 0 Å². The third-order valence-electron chi connectivity index (χ3n) is 4.46. The van der Waals surface area contributed by atoms with E-state index in [9.17, 15) is 5.11 Å². The second kappa shape index (κ2) is 6.91. The van der Waals surface area contributed by atoms with Gasteiger partial charge in [0.25, 0.3) is 0 Å². The van der Waals surface area contributed by atoms with E-state index in [1.807, 2.05) is 6.92 Å². The SMILES string of the molecule is CCOC(C(O)C1CCC(CC)CC1)C(C)(C)C. The first kappa shape index (κ1) is 16.0. The normalized spacial score (nSPS) is 29.0. The second-order valence-electron chi connectivity index (χ2n) is 6.92. The maximum atomic E-state index is 10.6. The molecule has 108 valence electrons. The molecular weight excluding hydrogens is 224 g/mol. The van der Waals surface area contributed by atoms with E-state index in [0.29, 0.717) is 12.5 Å². The molecule has 1 saturated carbocycles. The van der Waals surface area contributed by atoms with Crippen molar-refractivity contribution in [2.45, 2.75) is 78.9 Å². The molecule has 1 aliphatic rings. The van der Waals surface area contributed by atoms with Crippen LogP contribution in [0.5, 0.6) is 0 Å². The van der Waals surface area contributed by atoms with Crippen LogP contribution in [0.25, 0.3) is 0 Å². The Morgan fingerprint density at radius 3 is 2.06 bits per heavy atom. The molecule has 0 bridgehead atoms. The number of ether oxygens (including phenoxy) is 1. The van der Waals surface area contributed by atoms with Gasteiger partial charge in [-0.25, -0.2) is 0 Å². The Bertz CT molecular complexity index is 224. The Labute approximate surface area is 113 Å². The Morgan fingerprint density at radius 1 is 1.11 bits per heavy atom. The van der Waals surface area contributed by atoms with Crippen molar-refractivity contribution < 1.29 is 9.84 Å². The molecule has 1 fully saturated rings. The Hall–Kier alpha value is -0.0800. The van der Waals surface area contributed by atoms with Gasteiger partial charge in [0.2, 0.25) is 0 Å². The third kappa shape index (κ3) is 4.24. The van der Waals surface area contributed by atoms with Crippen molar-refractivity contribution in [3.8, 4) is 0 Å². The van der Waals surface area contributed by atoms with Gasteiger partial charge in [-0.15, -0.1) is 0 Å². The molecule has 0 aromatic rings. The molecule has 0 spiro atoms. The van der Waals surface area contributed by atoms with E-state index < -0.39 is 0 Å². The van der Waals surface area contributed by atoms with Gasteiger partial charge < -0.3 is 9.84 Å². The van der Waals surface area contributed by atoms with Crippen molar-refractivity contribution in [1.82, 2.24) is 0 Å². The molecular formula is C16H32O2. The summed E-state index contributed by atoms with van der Waals surface area (Å²) in [4.78, 5) is 0. The molecule has 0 saturated heterocycles. The van der Waals surface area contributed by atoms with Gasteiger partial charge in [-0.3, -0.25) is 0 Å². The van der Waals surface area contributed by atoms with E-state index in [0.717, 1.165) is 5.92 Å². The summed E-state index contributed by atoms with van der Waals surface area (Å²) in [5.41, 5.74) is 0.0109. The van der Waals surface area contributed by atoms with Crippen LogP contribution in [0.1, 0.15) is 66.7 Å². The van der Waals surface area contributed by atoms with E-state index in [1.54, 1.807) is 0 Å². The van der Waals surface area contributed by atoms with E-state index in [2.05, 4.69) is 27.7 Å². The van der Waals surface area contributed by atoms with Crippen molar-refractivity contribution in [3.05, 3.63) is 0 Å². The summed E-state index contributed by atoms with van der Waals surface area (Å²) in [6, 6.07) is 0. The minimum absolute atomic E-state index is 0.0109. The zero-order valence-corrected chi connectivity index (χ0v) is 12.9. The summed E-state index contributed by atoms with van der Waals surface area (Å²) >= 11 is 0. The molecule has 0 radical (unpaired) electrons. The lowest BCUT2D eigenvalue weighted by Crippen LogP contribution is -2.45. The van der Waals surface area contributed by atoms with Gasteiger partial charge in [0.05, 0.1) is 12.2 Å². The van der Waals surface area contributed by atoms with Crippen LogP contribution in [-0.2, 0) is 4.74 Å². The maximum Gasteiger partial charge on any atom is 0.0884 e. The van der Waals surface area contributed by atoms with Crippen molar-refractivity contribution >= 4 is 0 Å². The summed E-state index contributed by atoms with van der Waals surface area (Å²) < 4.78 is 5.82. The van der Waals surface area contributed by atoms with Crippen LogP contribution in [0.15, 0.2) is 0 Å². The first-order valence-electron chi connectivity index (χ1n) is 7.69. The minimum atomic E-state index is -0.303. The van der Waals surface area contributed by atoms with Crippen LogP contribution < -0.4 is 0 Å². The predicted octanol–water partition coefficient (Wildman–Crippen LogP) is 4.01. The van der Waals surface area contributed by atoms with Gasteiger partial charge in [-0.1, -0.05) is 47.0 Å². The largest absolute Gasteiger partial charge is 0.390 e. The van der Waals surface area contributed by atoms with E-state index >= 15 is 0 Å². The highest BCUT2D eigenvalue weighted by Gasteiger charge is 2.37. The molecule has 2 nitrogen and oxygen atoms in total. The van der Waals surface area contributed by atoms with Crippen LogP contribution >= 0.6 is 0 Å². The summed E-state index contributed by atoms with van der Waals surface area (Å²) in [7, 11) is 0. The lowest BCUT2D eigenvalue weighted by molar-refractivity contribution is -0.114. The van der Waals surface area contributed by atoms with Crippen LogP contribution in [0, 0.1) is 17.3 Å². The van der Waals surface area contributed by atoms with Gasteiger partial charge in [0.15, 0.2) is 0 Å². The van der Waals surface area contributed by atoms with E-state index in [-0.39, 0.29) is 17.6 Å². The topological polar surface area (TPSA) is 29.5 Å². The maximum absolute atomic E-state index is 10.6. The number of aliphatic hydroxyl groups excluding tert-OH is 1. The predicted molar refractivity (Wildman–Crippen MR) is 76.6 cm³/mol. The lowest BCUT2D eigenvalue weighted by Gasteiger charge is -2.40. The molecule has 0 aromatic heterocycles. The quantitative estimate of drug-likeness (QED) is 0.805. The van der Waals surface area contributed by atoms with Crippen LogP contribution in [0.2, 0.25) is 0 Å². The van der Waals surface area contributed by atoms with E-state index in [1.165, 1.54) is 32.1 Å². The summed E-state index contributed by atoms with van der Waals surface area (Å²) in [6.45, 7) is 11.5. The standard InChI is InChI=1S/C16H32O2/c1-6-12-8-10-13(11-9-12)14(17)15(18-7-2)16(3,4)5/h12-15,17H,6-11H2,1-5H3. The Kier molecular flexibility index (Phi) is 6.13. The van der Waals surface area contributed by atoms with Gasteiger partial charge in [-0.05, 0) is 37.0 Å². The summed E-state index contributed by atoms with van der Waals surface area (Å²) in [5.74, 6) is 1.32. The Morgan fingerprint density at radius 2 is 1.67 bits per heavy atom. The van der Waals surface area contributed by atoms with Crippen molar-refractivity contribution in [2.24, 2.45) is 17.3 Å². The molecule has 1 aliphatic carbocycles. The molecule has 0 heterocycles. The smallest absolute Gasteiger partial charge is 0.0884 e. The number of hydrogen-bond donors (Lipinski definition) is 1. The highest BCUT2D eigenvalue weighted by atomic mass is 16.5. The fourth-order valence-electron chi connectivity index (χ4n) is 3.23. The van der Waals surface area contributed by atoms with Crippen LogP contribution in [0.4, 0.5) is 0 Å². The van der Waals surface area contributed by atoms with Crippen molar-refractivity contribution in [3.63, 3.8) is 0 Å². The molecule has 0 aliphatic heterocycles. The van der Waals surface area contributed by atoms with Gasteiger partial charge in [0.1, 0.15) is 0 Å². The average Bonchev–Trinajstić information content (AvgIpc) is 2.34. The fraction of sp³-hybridized carbons (Fsp3) is 1.00. The molecule has 2 heteroatoms. The highest BCUT2D eigenvalue weighted by Crippen LogP contribution is 2.37. The second-order valence-corrected chi connectivity index (χ2v) is 6.92. The molecule has 1 N–H and O–H groups in total. The van der Waals surface area contributed by atoms with Gasteiger partial charge in [0, 0.05) is 6.61 Å². The molecule has 2 unspecified atom stereocenters. The average molecular weight is 256 g/mol. The highest BCUT2D eigenvalue weighted by molar-refractivity contribution is 4.87. The zero-order valence-electron chi connectivity index (χ0n) is 12.9. The monoisotopic (exact) mass is 256 g/mol. The minimum Gasteiger partial charge on any atom is -0.390 e. The number of aliphatic hydroxyl groups is 1. The zero-order chi connectivity index (χ0) is 13.8. The molecule has 2 atom stereocenters. The van der Waals surface area contributed by atoms with Crippen LogP contribution in [-0.4, -0.2) is 23.9 Å². The Balaban J connectivity index is 2.58. The van der Waals surface area contributed by atoms with Gasteiger partial charge >= 0.3 is 0 Å². The van der Waals surface area contributed by atoms with Crippen LogP contribution in [0.3, 0.4) is 0 Å².